The summed E-state index contributed by atoms with van der Waals surface area (Å²) in [5.74, 6) is -5.31. The number of carboxylic acid groups (broad SMARTS) is 2. The van der Waals surface area contributed by atoms with E-state index in [9.17, 15) is 24.3 Å². The first-order valence-electron chi connectivity index (χ1n) is 5.20. The predicted molar refractivity (Wildman–Crippen MR) is 51.3 cm³/mol. The molecule has 0 bridgehead atoms. The molecule has 0 saturated carbocycles. The smallest absolute Gasteiger partial charge is 0.549 e. The Kier molecular flexibility index (Phi) is 7.12. The zero-order chi connectivity index (χ0) is 13.0. The van der Waals surface area contributed by atoms with Gasteiger partial charge in [-0.1, -0.05) is 0 Å². The average Bonchev–Trinajstić information content (AvgIpc) is 2.53. The van der Waals surface area contributed by atoms with Gasteiger partial charge >= 0.3 is 35.5 Å². The second-order valence-electron chi connectivity index (χ2n) is 3.79. The van der Waals surface area contributed by atoms with Crippen molar-refractivity contribution in [1.82, 2.24) is 4.90 Å². The van der Waals surface area contributed by atoms with Crippen LogP contribution in [-0.2, 0) is 19.2 Å². The fraction of sp³-hybridized carbons (Fsp3) is 0.600. The van der Waals surface area contributed by atoms with Crippen LogP contribution in [0.5, 0.6) is 0 Å². The Balaban J connectivity index is 0.00000289. The first-order chi connectivity index (χ1) is 7.93. The number of rotatable bonds is 6. The minimum atomic E-state index is -1.66. The number of likely N-dealkylation sites (tertiary alicyclic amines) is 1. The van der Waals surface area contributed by atoms with Gasteiger partial charge in [0, 0.05) is 19.4 Å². The molecule has 0 aromatic heterocycles. The summed E-state index contributed by atoms with van der Waals surface area (Å²) >= 11 is 0. The number of hydrogen-bond donors (Lipinski definition) is 1. The van der Waals surface area contributed by atoms with Crippen LogP contribution in [-0.4, -0.2) is 40.3 Å². The molecule has 1 aliphatic heterocycles. The van der Waals surface area contributed by atoms with Gasteiger partial charge in [-0.15, -0.1) is 0 Å². The molecule has 0 aromatic carbocycles. The topological polar surface area (TPSA) is 115 Å². The van der Waals surface area contributed by atoms with E-state index in [2.05, 4.69) is 0 Å². The fourth-order valence-electron chi connectivity index (χ4n) is 1.67. The number of carbonyl (C=O) groups is 4. The summed E-state index contributed by atoms with van der Waals surface area (Å²) < 4.78 is 0. The molecule has 1 atom stereocenters. The van der Waals surface area contributed by atoms with Gasteiger partial charge in [-0.25, -0.2) is 0 Å². The van der Waals surface area contributed by atoms with E-state index in [1.54, 1.807) is 0 Å². The summed E-state index contributed by atoms with van der Waals surface area (Å²) in [6.07, 6.45) is 0.320. The zero-order valence-corrected chi connectivity index (χ0v) is 12.0. The minimum absolute atomic E-state index is 0. The van der Waals surface area contributed by atoms with Crippen LogP contribution in [0.2, 0.25) is 0 Å². The Labute approximate surface area is 125 Å². The number of amides is 2. The van der Waals surface area contributed by atoms with E-state index in [0.717, 1.165) is 4.90 Å². The summed E-state index contributed by atoms with van der Waals surface area (Å²) in [4.78, 5) is 44.4. The summed E-state index contributed by atoms with van der Waals surface area (Å²) in [5, 5.41) is 19.0. The Morgan fingerprint density at radius 1 is 1.28 bits per heavy atom. The molecule has 7 nitrogen and oxygen atoms in total. The van der Waals surface area contributed by atoms with Gasteiger partial charge in [-0.2, -0.15) is 0 Å². The van der Waals surface area contributed by atoms with Crippen molar-refractivity contribution in [2.24, 2.45) is 5.92 Å². The monoisotopic (exact) mass is 265 g/mol. The molecule has 0 aliphatic carbocycles. The van der Waals surface area contributed by atoms with E-state index >= 15 is 0 Å². The molecule has 0 spiro atoms. The Hall–Kier alpha value is -0.920. The predicted octanol–water partition coefficient (Wildman–Crippen LogP) is -4.63. The van der Waals surface area contributed by atoms with Crippen LogP contribution >= 0.6 is 0 Å². The van der Waals surface area contributed by atoms with Gasteiger partial charge in [-0.3, -0.25) is 19.3 Å². The molecule has 1 heterocycles. The minimum Gasteiger partial charge on any atom is -0.549 e. The van der Waals surface area contributed by atoms with Crippen molar-refractivity contribution in [2.75, 3.05) is 6.54 Å². The normalized spacial score (nSPS) is 16.3. The molecule has 2 amide bonds. The first-order valence-corrected chi connectivity index (χ1v) is 5.20. The van der Waals surface area contributed by atoms with Crippen LogP contribution in [0.4, 0.5) is 0 Å². The molecule has 8 heteroatoms. The maximum atomic E-state index is 11.2. The SMILES string of the molecule is O=C([O-])C(CCCN1C(=O)CCC1=O)C(=O)O.[Na+]. The molecule has 1 aliphatic rings. The summed E-state index contributed by atoms with van der Waals surface area (Å²) in [7, 11) is 0. The molecule has 18 heavy (non-hydrogen) atoms. The van der Waals surface area contributed by atoms with Crippen LogP contribution in [0.3, 0.4) is 0 Å². The van der Waals surface area contributed by atoms with Gasteiger partial charge in [0.2, 0.25) is 11.8 Å². The Morgan fingerprint density at radius 2 is 1.78 bits per heavy atom. The second kappa shape index (κ2) is 7.50. The van der Waals surface area contributed by atoms with Crippen LogP contribution in [0, 0.1) is 5.92 Å². The third kappa shape index (κ3) is 4.40. The summed E-state index contributed by atoms with van der Waals surface area (Å²) in [5.41, 5.74) is 0. The fourth-order valence-corrected chi connectivity index (χ4v) is 1.67. The van der Waals surface area contributed by atoms with E-state index in [0.29, 0.717) is 0 Å². The molecule has 1 saturated heterocycles. The molecule has 94 valence electrons. The third-order valence-electron chi connectivity index (χ3n) is 2.61. The average molecular weight is 265 g/mol. The molecular formula is C10H12NNaO6. The van der Waals surface area contributed by atoms with Crippen LogP contribution in [0.1, 0.15) is 25.7 Å². The van der Waals surface area contributed by atoms with E-state index in [1.807, 2.05) is 0 Å². The summed E-state index contributed by atoms with van der Waals surface area (Å²) in [6.45, 7) is 0.0642. The van der Waals surface area contributed by atoms with Crippen molar-refractivity contribution in [3.63, 3.8) is 0 Å². The van der Waals surface area contributed by atoms with Crippen LogP contribution in [0.15, 0.2) is 0 Å². The summed E-state index contributed by atoms with van der Waals surface area (Å²) in [6, 6.07) is 0. The van der Waals surface area contributed by atoms with Crippen molar-refractivity contribution < 1.29 is 58.9 Å². The molecule has 1 fully saturated rings. The zero-order valence-electron chi connectivity index (χ0n) is 10.0. The van der Waals surface area contributed by atoms with Gasteiger partial charge in [0.25, 0.3) is 0 Å². The number of imide groups is 1. The van der Waals surface area contributed by atoms with Crippen molar-refractivity contribution in [3.8, 4) is 0 Å². The molecule has 1 unspecified atom stereocenters. The molecule has 1 N–H and O–H groups in total. The largest absolute Gasteiger partial charge is 1.00 e. The molecule has 1 rings (SSSR count). The number of carboxylic acids is 2. The van der Waals surface area contributed by atoms with Crippen molar-refractivity contribution in [2.45, 2.75) is 25.7 Å². The second-order valence-corrected chi connectivity index (χ2v) is 3.79. The maximum absolute atomic E-state index is 11.2. The van der Waals surface area contributed by atoms with Gasteiger partial charge in [-0.05, 0) is 12.8 Å². The number of carbonyl (C=O) groups excluding carboxylic acids is 3. The first kappa shape index (κ1) is 17.1. The maximum Gasteiger partial charge on any atom is 1.00 e. The molecule has 0 radical (unpaired) electrons. The molecule has 0 aromatic rings. The number of nitrogens with zero attached hydrogens (tertiary/aromatic N) is 1. The van der Waals surface area contributed by atoms with E-state index in [-0.39, 0.29) is 73.6 Å². The van der Waals surface area contributed by atoms with Crippen molar-refractivity contribution in [3.05, 3.63) is 0 Å². The van der Waals surface area contributed by atoms with Crippen molar-refractivity contribution >= 4 is 23.8 Å². The van der Waals surface area contributed by atoms with Crippen LogP contribution in [0.25, 0.3) is 0 Å². The number of aliphatic carboxylic acids is 2. The van der Waals surface area contributed by atoms with E-state index in [1.165, 1.54) is 0 Å². The van der Waals surface area contributed by atoms with Gasteiger partial charge in [0.15, 0.2) is 0 Å². The Morgan fingerprint density at radius 3 is 2.17 bits per heavy atom. The third-order valence-corrected chi connectivity index (χ3v) is 2.61. The quantitative estimate of drug-likeness (QED) is 0.293. The number of hydrogen-bond acceptors (Lipinski definition) is 5. The van der Waals surface area contributed by atoms with Gasteiger partial charge < -0.3 is 15.0 Å². The standard InChI is InChI=1S/C10H13NO6.Na/c12-7-3-4-8(13)11(7)5-1-2-6(9(14)15)10(16)17;/h6H,1-5H2,(H,14,15)(H,16,17);/q;+1/p-1. The molecular weight excluding hydrogens is 253 g/mol. The Bertz CT molecular complexity index is 337. The van der Waals surface area contributed by atoms with Crippen LogP contribution < -0.4 is 34.7 Å². The van der Waals surface area contributed by atoms with E-state index in [4.69, 9.17) is 5.11 Å². The van der Waals surface area contributed by atoms with E-state index < -0.39 is 17.9 Å². The van der Waals surface area contributed by atoms with Gasteiger partial charge in [0.05, 0.1) is 11.9 Å². The van der Waals surface area contributed by atoms with Gasteiger partial charge in [0.1, 0.15) is 0 Å². The van der Waals surface area contributed by atoms with Crippen molar-refractivity contribution in [1.29, 1.82) is 0 Å².